The molecule has 1 aromatic rings. The summed E-state index contributed by atoms with van der Waals surface area (Å²) in [5.74, 6) is 0.204. The third kappa shape index (κ3) is 3.18. The Labute approximate surface area is 97.5 Å². The molecule has 4 nitrogen and oxygen atoms in total. The van der Waals surface area contributed by atoms with Crippen molar-refractivity contribution in [2.24, 2.45) is 0 Å². The average Bonchev–Trinajstić information content (AvgIpc) is 2.65. The quantitative estimate of drug-likeness (QED) is 0.839. The summed E-state index contributed by atoms with van der Waals surface area (Å²) in [5.41, 5.74) is 0. The monoisotopic (exact) mass is 264 g/mol. The van der Waals surface area contributed by atoms with Gasteiger partial charge in [-0.3, -0.25) is 0 Å². The maximum absolute atomic E-state index is 11.7. The molecule has 0 saturated heterocycles. The molecule has 7 heteroatoms. The smallest absolute Gasteiger partial charge is 0.206 e. The van der Waals surface area contributed by atoms with Gasteiger partial charge in [-0.1, -0.05) is 0 Å². The molecule has 1 rings (SSSR count). The molecule has 0 spiro atoms. The Morgan fingerprint density at radius 1 is 1.67 bits per heavy atom. The first kappa shape index (κ1) is 12.5. The molecule has 1 atom stereocenters. The standard InChI is InChI=1S/C8H9ClN2O2S2/c1-6(4-9)11-15(12,13)8-3-2-7(5-10)14-8/h2-3,6,11H,4H2,1H3. The SMILES string of the molecule is CC(CCl)NS(=O)(=O)c1ccc(C#N)s1. The average molecular weight is 265 g/mol. The van der Waals surface area contributed by atoms with Crippen LogP contribution in [0.1, 0.15) is 11.8 Å². The first-order valence-corrected chi connectivity index (χ1v) is 6.91. The fourth-order valence-electron chi connectivity index (χ4n) is 0.879. The summed E-state index contributed by atoms with van der Waals surface area (Å²) in [6, 6.07) is 4.44. The summed E-state index contributed by atoms with van der Waals surface area (Å²) in [4.78, 5) is 0.369. The number of alkyl halides is 1. The molecule has 0 saturated carbocycles. The second-order valence-corrected chi connectivity index (χ2v) is 6.24. The molecule has 0 aliphatic heterocycles. The predicted molar refractivity (Wildman–Crippen MR) is 59.5 cm³/mol. The molecular weight excluding hydrogens is 256 g/mol. The van der Waals surface area contributed by atoms with Crippen LogP contribution in [0.2, 0.25) is 0 Å². The minimum atomic E-state index is -3.53. The van der Waals surface area contributed by atoms with Gasteiger partial charge in [0.1, 0.15) is 15.2 Å². The Balaban J connectivity index is 2.92. The predicted octanol–water partition coefficient (Wildman–Crippen LogP) is 1.53. The van der Waals surface area contributed by atoms with Crippen molar-refractivity contribution in [3.63, 3.8) is 0 Å². The van der Waals surface area contributed by atoms with E-state index in [1.165, 1.54) is 12.1 Å². The van der Waals surface area contributed by atoms with Gasteiger partial charge < -0.3 is 0 Å². The van der Waals surface area contributed by atoms with Crippen LogP contribution in [0.25, 0.3) is 0 Å². The van der Waals surface area contributed by atoms with Crippen molar-refractivity contribution in [2.45, 2.75) is 17.2 Å². The Morgan fingerprint density at radius 2 is 2.33 bits per heavy atom. The van der Waals surface area contributed by atoms with Crippen LogP contribution >= 0.6 is 22.9 Å². The van der Waals surface area contributed by atoms with E-state index in [2.05, 4.69) is 4.72 Å². The molecule has 1 N–H and O–H groups in total. The number of hydrogen-bond acceptors (Lipinski definition) is 4. The lowest BCUT2D eigenvalue weighted by Gasteiger charge is -2.09. The second-order valence-electron chi connectivity index (χ2n) is 2.91. The summed E-state index contributed by atoms with van der Waals surface area (Å²) in [5, 5.41) is 8.57. The van der Waals surface area contributed by atoms with Gasteiger partial charge >= 0.3 is 0 Å². The third-order valence-electron chi connectivity index (χ3n) is 1.54. The largest absolute Gasteiger partial charge is 0.250 e. The highest BCUT2D eigenvalue weighted by atomic mass is 35.5. The summed E-state index contributed by atoms with van der Waals surface area (Å²) in [7, 11) is -3.53. The van der Waals surface area contributed by atoms with E-state index >= 15 is 0 Å². The topological polar surface area (TPSA) is 70.0 Å². The van der Waals surface area contributed by atoms with E-state index in [-0.39, 0.29) is 16.1 Å². The summed E-state index contributed by atoms with van der Waals surface area (Å²) >= 11 is 6.44. The molecule has 0 aliphatic rings. The van der Waals surface area contributed by atoms with Crippen molar-refractivity contribution in [1.29, 1.82) is 5.26 Å². The first-order chi connectivity index (χ1) is 6.99. The van der Waals surface area contributed by atoms with E-state index < -0.39 is 10.0 Å². The molecule has 0 amide bonds. The molecule has 0 bridgehead atoms. The number of nitriles is 1. The van der Waals surface area contributed by atoms with Crippen molar-refractivity contribution < 1.29 is 8.42 Å². The van der Waals surface area contributed by atoms with Crippen molar-refractivity contribution in [2.75, 3.05) is 5.88 Å². The minimum Gasteiger partial charge on any atom is -0.206 e. The molecule has 0 fully saturated rings. The van der Waals surface area contributed by atoms with Gasteiger partial charge in [0.25, 0.3) is 0 Å². The van der Waals surface area contributed by atoms with E-state index in [1.54, 1.807) is 6.92 Å². The van der Waals surface area contributed by atoms with E-state index in [0.29, 0.717) is 4.88 Å². The fourth-order valence-corrected chi connectivity index (χ4v) is 3.41. The lowest BCUT2D eigenvalue weighted by atomic mass is 10.4. The van der Waals surface area contributed by atoms with Gasteiger partial charge in [-0.25, -0.2) is 13.1 Å². The van der Waals surface area contributed by atoms with Crippen molar-refractivity contribution in [1.82, 2.24) is 4.72 Å². The van der Waals surface area contributed by atoms with E-state index in [9.17, 15) is 8.42 Å². The molecule has 1 heterocycles. The molecule has 82 valence electrons. The Hall–Kier alpha value is -0.610. The van der Waals surface area contributed by atoms with Gasteiger partial charge in [-0.15, -0.1) is 22.9 Å². The Bertz CT molecular complexity index is 475. The molecular formula is C8H9ClN2O2S2. The van der Waals surface area contributed by atoms with Crippen LogP contribution < -0.4 is 4.72 Å². The zero-order chi connectivity index (χ0) is 11.5. The number of hydrogen-bond donors (Lipinski definition) is 1. The van der Waals surface area contributed by atoms with Crippen LogP contribution in [0.5, 0.6) is 0 Å². The molecule has 15 heavy (non-hydrogen) atoms. The number of rotatable bonds is 4. The fraction of sp³-hybridized carbons (Fsp3) is 0.375. The molecule has 0 aromatic carbocycles. The first-order valence-electron chi connectivity index (χ1n) is 4.08. The number of sulfonamides is 1. The second kappa shape index (κ2) is 4.94. The Morgan fingerprint density at radius 3 is 2.80 bits per heavy atom. The molecule has 1 unspecified atom stereocenters. The zero-order valence-electron chi connectivity index (χ0n) is 7.90. The van der Waals surface area contributed by atoms with Crippen LogP contribution in [-0.2, 0) is 10.0 Å². The van der Waals surface area contributed by atoms with Gasteiger partial charge in [-0.05, 0) is 19.1 Å². The highest BCUT2D eigenvalue weighted by Crippen LogP contribution is 2.20. The summed E-state index contributed by atoms with van der Waals surface area (Å²) in [6.45, 7) is 1.67. The number of nitrogens with one attached hydrogen (secondary N) is 1. The Kier molecular flexibility index (Phi) is 4.11. The van der Waals surface area contributed by atoms with Crippen molar-refractivity contribution in [3.8, 4) is 6.07 Å². The maximum atomic E-state index is 11.7. The van der Waals surface area contributed by atoms with Crippen LogP contribution in [0.4, 0.5) is 0 Å². The van der Waals surface area contributed by atoms with Crippen LogP contribution in [0.3, 0.4) is 0 Å². The van der Waals surface area contributed by atoms with Crippen LogP contribution in [0, 0.1) is 11.3 Å². The highest BCUT2D eigenvalue weighted by molar-refractivity contribution is 7.91. The highest BCUT2D eigenvalue weighted by Gasteiger charge is 2.18. The molecule has 1 aromatic heterocycles. The number of halogens is 1. The van der Waals surface area contributed by atoms with E-state index in [0.717, 1.165) is 11.3 Å². The number of thiophene rings is 1. The van der Waals surface area contributed by atoms with E-state index in [4.69, 9.17) is 16.9 Å². The lowest BCUT2D eigenvalue weighted by Crippen LogP contribution is -2.33. The summed E-state index contributed by atoms with van der Waals surface area (Å²) < 4.78 is 25.9. The normalized spacial score (nSPS) is 13.4. The van der Waals surface area contributed by atoms with Gasteiger partial charge in [0, 0.05) is 11.9 Å². The van der Waals surface area contributed by atoms with Crippen LogP contribution in [0.15, 0.2) is 16.3 Å². The minimum absolute atomic E-state index is 0.135. The van der Waals surface area contributed by atoms with Gasteiger partial charge in [0.15, 0.2) is 0 Å². The third-order valence-corrected chi connectivity index (χ3v) is 5.08. The number of nitrogens with zero attached hydrogens (tertiary/aromatic N) is 1. The van der Waals surface area contributed by atoms with Crippen molar-refractivity contribution in [3.05, 3.63) is 17.0 Å². The lowest BCUT2D eigenvalue weighted by molar-refractivity contribution is 0.573. The van der Waals surface area contributed by atoms with Gasteiger partial charge in [0.05, 0.1) is 0 Å². The summed E-state index contributed by atoms with van der Waals surface area (Å²) in [6.07, 6.45) is 0. The molecule has 0 aliphatic carbocycles. The van der Waals surface area contributed by atoms with E-state index in [1.807, 2.05) is 6.07 Å². The van der Waals surface area contributed by atoms with Gasteiger partial charge in [-0.2, -0.15) is 5.26 Å². The zero-order valence-corrected chi connectivity index (χ0v) is 10.3. The van der Waals surface area contributed by atoms with Crippen LogP contribution in [-0.4, -0.2) is 20.3 Å². The molecule has 0 radical (unpaired) electrons. The maximum Gasteiger partial charge on any atom is 0.250 e. The van der Waals surface area contributed by atoms with Gasteiger partial charge in [0.2, 0.25) is 10.0 Å². The van der Waals surface area contributed by atoms with Crippen molar-refractivity contribution >= 4 is 33.0 Å².